The quantitative estimate of drug-likeness (QED) is 0.614. The molecule has 0 aliphatic rings. The summed E-state index contributed by atoms with van der Waals surface area (Å²) in [5.74, 6) is 2.12. The molecule has 20 heavy (non-hydrogen) atoms. The lowest BCUT2D eigenvalue weighted by molar-refractivity contribution is 0.413. The monoisotopic (exact) mass is 310 g/mol. The Morgan fingerprint density at radius 2 is 2.20 bits per heavy atom. The number of hydrogen-bond acceptors (Lipinski definition) is 7. The first-order valence-electron chi connectivity index (χ1n) is 6.12. The summed E-state index contributed by atoms with van der Waals surface area (Å²) in [6, 6.07) is 5.18. The minimum Gasteiger partial charge on any atom is -0.497 e. The van der Waals surface area contributed by atoms with E-state index in [1.54, 1.807) is 19.2 Å². The van der Waals surface area contributed by atoms with E-state index in [2.05, 4.69) is 9.36 Å². The van der Waals surface area contributed by atoms with Crippen molar-refractivity contribution in [1.82, 2.24) is 9.36 Å². The highest BCUT2D eigenvalue weighted by molar-refractivity contribution is 8.00. The Hall–Kier alpha value is -1.09. The molecule has 0 aliphatic carbocycles. The van der Waals surface area contributed by atoms with E-state index in [1.807, 2.05) is 13.0 Å². The van der Waals surface area contributed by atoms with Gasteiger partial charge in [0.25, 0.3) is 0 Å². The fourth-order valence-corrected chi connectivity index (χ4v) is 3.36. The number of methoxy groups -OCH3 is 1. The van der Waals surface area contributed by atoms with Gasteiger partial charge in [-0.3, -0.25) is 0 Å². The van der Waals surface area contributed by atoms with Gasteiger partial charge in [-0.1, -0.05) is 24.8 Å². The molecule has 0 spiro atoms. The van der Waals surface area contributed by atoms with Crippen LogP contribution in [0.5, 0.6) is 5.75 Å². The van der Waals surface area contributed by atoms with Crippen LogP contribution < -0.4 is 10.2 Å². The lowest BCUT2D eigenvalue weighted by atomic mass is 9.77. The normalized spacial score (nSPS) is 10.6. The van der Waals surface area contributed by atoms with Crippen molar-refractivity contribution < 1.29 is 14.8 Å². The molecule has 2 aromatic rings. The molecule has 5 nitrogen and oxygen atoms in total. The molecule has 1 aromatic heterocycles. The maximum Gasteiger partial charge on any atom is 0.488 e. The van der Waals surface area contributed by atoms with Gasteiger partial charge >= 0.3 is 7.12 Å². The molecular formula is C12H15BN2O3S2. The Labute approximate surface area is 126 Å². The van der Waals surface area contributed by atoms with E-state index < -0.39 is 7.12 Å². The molecule has 1 heterocycles. The van der Waals surface area contributed by atoms with E-state index in [4.69, 9.17) is 4.74 Å². The number of thioether (sulfide) groups is 1. The third-order valence-electron chi connectivity index (χ3n) is 2.75. The van der Waals surface area contributed by atoms with Gasteiger partial charge in [-0.2, -0.15) is 4.37 Å². The van der Waals surface area contributed by atoms with Crippen molar-refractivity contribution in [2.45, 2.75) is 23.4 Å². The zero-order valence-corrected chi connectivity index (χ0v) is 12.9. The minimum atomic E-state index is -1.49. The molecule has 2 N–H and O–H groups in total. The van der Waals surface area contributed by atoms with Crippen LogP contribution in [0.15, 0.2) is 22.5 Å². The lowest BCUT2D eigenvalue weighted by Crippen LogP contribution is -2.32. The van der Waals surface area contributed by atoms with Crippen LogP contribution >= 0.6 is 23.3 Å². The molecule has 0 atom stereocenters. The van der Waals surface area contributed by atoms with Gasteiger partial charge in [-0.15, -0.1) is 0 Å². The predicted molar refractivity (Wildman–Crippen MR) is 81.7 cm³/mol. The van der Waals surface area contributed by atoms with Crippen LogP contribution in [-0.2, 0) is 12.2 Å². The summed E-state index contributed by atoms with van der Waals surface area (Å²) in [7, 11) is 0.0941. The average Bonchev–Trinajstić information content (AvgIpc) is 2.92. The molecule has 2 rings (SSSR count). The molecule has 0 saturated heterocycles. The standard InChI is InChI=1S/C12H15BN2O3S2/c1-3-11-14-12(20-15-11)19-7-8-6-9(18-2)4-5-10(8)13(16)17/h4-6,16-17H,3,7H2,1-2H3. The summed E-state index contributed by atoms with van der Waals surface area (Å²) >= 11 is 2.89. The SMILES string of the molecule is CCc1nsc(SCc2cc(OC)ccc2B(O)O)n1. The lowest BCUT2D eigenvalue weighted by Gasteiger charge is -2.09. The van der Waals surface area contributed by atoms with Crippen molar-refractivity contribution in [3.63, 3.8) is 0 Å². The molecule has 1 aromatic carbocycles. The summed E-state index contributed by atoms with van der Waals surface area (Å²) in [6.45, 7) is 2.01. The number of hydrogen-bond donors (Lipinski definition) is 2. The fourth-order valence-electron chi connectivity index (χ4n) is 1.67. The number of rotatable bonds is 6. The second-order valence-electron chi connectivity index (χ2n) is 4.06. The predicted octanol–water partition coefficient (Wildman–Crippen LogP) is 1.08. The van der Waals surface area contributed by atoms with Crippen molar-refractivity contribution in [2.24, 2.45) is 0 Å². The topological polar surface area (TPSA) is 75.5 Å². The van der Waals surface area contributed by atoms with Crippen molar-refractivity contribution in [2.75, 3.05) is 7.11 Å². The maximum absolute atomic E-state index is 9.39. The van der Waals surface area contributed by atoms with Crippen LogP contribution in [0.3, 0.4) is 0 Å². The number of ether oxygens (including phenoxy) is 1. The molecular weight excluding hydrogens is 295 g/mol. The van der Waals surface area contributed by atoms with Crippen molar-refractivity contribution >= 4 is 35.9 Å². The molecule has 8 heteroatoms. The largest absolute Gasteiger partial charge is 0.497 e. The second-order valence-corrected chi connectivity index (χ2v) is 6.03. The third-order valence-corrected chi connectivity index (χ3v) is 4.67. The van der Waals surface area contributed by atoms with E-state index in [1.165, 1.54) is 23.3 Å². The average molecular weight is 310 g/mol. The van der Waals surface area contributed by atoms with E-state index in [0.29, 0.717) is 17.0 Å². The summed E-state index contributed by atoms with van der Waals surface area (Å²) in [5.41, 5.74) is 1.30. The van der Waals surface area contributed by atoms with E-state index in [0.717, 1.165) is 22.1 Å². The molecule has 0 saturated carbocycles. The third kappa shape index (κ3) is 3.72. The van der Waals surface area contributed by atoms with Crippen LogP contribution in [0.4, 0.5) is 0 Å². The van der Waals surface area contributed by atoms with Gasteiger partial charge in [0.1, 0.15) is 11.6 Å². The summed E-state index contributed by atoms with van der Waals surface area (Å²) in [4.78, 5) is 4.38. The van der Waals surface area contributed by atoms with Crippen molar-refractivity contribution in [3.8, 4) is 5.75 Å². The smallest absolute Gasteiger partial charge is 0.488 e. The molecule has 0 aliphatic heterocycles. The van der Waals surface area contributed by atoms with E-state index in [9.17, 15) is 10.0 Å². The number of aryl methyl sites for hydroxylation is 1. The molecule has 0 fully saturated rings. The van der Waals surface area contributed by atoms with Gasteiger partial charge in [-0.25, -0.2) is 4.98 Å². The summed E-state index contributed by atoms with van der Waals surface area (Å²) in [5, 5.41) is 18.8. The Bertz CT molecular complexity index is 578. The van der Waals surface area contributed by atoms with Crippen LogP contribution in [0, 0.1) is 0 Å². The maximum atomic E-state index is 9.39. The fraction of sp³-hybridized carbons (Fsp3) is 0.333. The Balaban J connectivity index is 2.14. The van der Waals surface area contributed by atoms with Gasteiger partial charge in [0.15, 0.2) is 4.34 Å². The zero-order valence-electron chi connectivity index (χ0n) is 11.2. The molecule has 0 bridgehead atoms. The molecule has 106 valence electrons. The summed E-state index contributed by atoms with van der Waals surface area (Å²) < 4.78 is 10.3. The van der Waals surface area contributed by atoms with Crippen LogP contribution in [-0.4, -0.2) is 33.6 Å². The van der Waals surface area contributed by atoms with Gasteiger partial charge in [0.2, 0.25) is 0 Å². The summed E-state index contributed by atoms with van der Waals surface area (Å²) in [6.07, 6.45) is 0.816. The van der Waals surface area contributed by atoms with Crippen molar-refractivity contribution in [3.05, 3.63) is 29.6 Å². The van der Waals surface area contributed by atoms with E-state index in [-0.39, 0.29) is 0 Å². The van der Waals surface area contributed by atoms with Gasteiger partial charge in [-0.05, 0) is 34.7 Å². The van der Waals surface area contributed by atoms with Crippen LogP contribution in [0.2, 0.25) is 0 Å². The zero-order chi connectivity index (χ0) is 14.5. The Kier molecular flexibility index (Phi) is 5.42. The van der Waals surface area contributed by atoms with Crippen LogP contribution in [0.25, 0.3) is 0 Å². The van der Waals surface area contributed by atoms with Crippen molar-refractivity contribution in [1.29, 1.82) is 0 Å². The highest BCUT2D eigenvalue weighted by Gasteiger charge is 2.17. The Morgan fingerprint density at radius 3 is 2.80 bits per heavy atom. The first-order valence-corrected chi connectivity index (χ1v) is 7.88. The Morgan fingerprint density at radius 1 is 1.40 bits per heavy atom. The highest BCUT2D eigenvalue weighted by atomic mass is 32.2. The molecule has 0 amide bonds. The number of benzene rings is 1. The first kappa shape index (κ1) is 15.3. The van der Waals surface area contributed by atoms with Gasteiger partial charge < -0.3 is 14.8 Å². The minimum absolute atomic E-state index is 0.485. The van der Waals surface area contributed by atoms with Crippen LogP contribution in [0.1, 0.15) is 18.3 Å². The second kappa shape index (κ2) is 7.08. The number of aromatic nitrogens is 2. The first-order chi connectivity index (χ1) is 9.63. The molecule has 0 radical (unpaired) electrons. The molecule has 0 unspecified atom stereocenters. The van der Waals surface area contributed by atoms with E-state index >= 15 is 0 Å². The highest BCUT2D eigenvalue weighted by Crippen LogP contribution is 2.25. The number of nitrogens with zero attached hydrogens (tertiary/aromatic N) is 2. The van der Waals surface area contributed by atoms with Gasteiger partial charge in [0.05, 0.1) is 7.11 Å². The van der Waals surface area contributed by atoms with Gasteiger partial charge in [0, 0.05) is 12.2 Å².